The molecule has 5 rings (SSSR count). The fraction of sp³-hybridized carbons (Fsp3) is 0.440. The summed E-state index contributed by atoms with van der Waals surface area (Å²) in [7, 11) is 3.31. The van der Waals surface area contributed by atoms with Crippen LogP contribution >= 0.6 is 11.3 Å². The Morgan fingerprint density at radius 1 is 1.03 bits per heavy atom. The molecule has 2 aliphatic rings. The highest BCUT2D eigenvalue weighted by Gasteiger charge is 2.31. The van der Waals surface area contributed by atoms with Crippen molar-refractivity contribution in [2.45, 2.75) is 32.7 Å². The molecule has 1 fully saturated rings. The number of hydrogen-bond acceptors (Lipinski definition) is 6. The van der Waals surface area contributed by atoms with E-state index in [1.807, 2.05) is 17.0 Å². The highest BCUT2D eigenvalue weighted by molar-refractivity contribution is 7.22. The molecule has 3 aromatic rings. The molecule has 7 heteroatoms. The molecular weight excluding hydrogens is 422 g/mol. The van der Waals surface area contributed by atoms with E-state index < -0.39 is 0 Å². The van der Waals surface area contributed by atoms with Crippen molar-refractivity contribution in [3.8, 4) is 11.5 Å². The molecule has 2 aliphatic heterocycles. The number of carbonyl (C=O) groups excluding carboxylic acids is 1. The molecule has 168 valence electrons. The lowest BCUT2D eigenvalue weighted by Crippen LogP contribution is -2.44. The summed E-state index contributed by atoms with van der Waals surface area (Å²) < 4.78 is 12.1. The number of rotatable bonds is 4. The van der Waals surface area contributed by atoms with Crippen molar-refractivity contribution < 1.29 is 14.3 Å². The molecule has 0 bridgehead atoms. The van der Waals surface area contributed by atoms with Crippen LogP contribution in [0.15, 0.2) is 30.3 Å². The first-order valence-corrected chi connectivity index (χ1v) is 12.0. The molecule has 1 saturated heterocycles. The average Bonchev–Trinajstić information content (AvgIpc) is 3.25. The fourth-order valence-corrected chi connectivity index (χ4v) is 5.92. The quantitative estimate of drug-likeness (QED) is 0.588. The van der Waals surface area contributed by atoms with Crippen LogP contribution in [0, 0.1) is 12.8 Å². The SMILES string of the molecule is COc1cc2c(cc1OC)CN(C(=O)C1CCN(c3nc4ccc(C)cc4s3)CC1)CC2. The predicted molar refractivity (Wildman–Crippen MR) is 128 cm³/mol. The van der Waals surface area contributed by atoms with Crippen molar-refractivity contribution in [1.29, 1.82) is 0 Å². The lowest BCUT2D eigenvalue weighted by Gasteiger charge is -2.36. The Morgan fingerprint density at radius 3 is 2.47 bits per heavy atom. The Hall–Kier alpha value is -2.80. The van der Waals surface area contributed by atoms with Gasteiger partial charge in [0.2, 0.25) is 5.91 Å². The third kappa shape index (κ3) is 3.90. The van der Waals surface area contributed by atoms with E-state index >= 15 is 0 Å². The number of amides is 1. The van der Waals surface area contributed by atoms with E-state index in [1.54, 1.807) is 25.6 Å². The monoisotopic (exact) mass is 451 g/mol. The minimum atomic E-state index is 0.0876. The van der Waals surface area contributed by atoms with Crippen LogP contribution in [0.1, 0.15) is 29.5 Å². The Bertz CT molecular complexity index is 1150. The van der Waals surface area contributed by atoms with E-state index in [2.05, 4.69) is 30.0 Å². The number of fused-ring (bicyclic) bond motifs is 2. The summed E-state index contributed by atoms with van der Waals surface area (Å²) in [5, 5.41) is 1.07. The van der Waals surface area contributed by atoms with Crippen molar-refractivity contribution in [3.63, 3.8) is 0 Å². The highest BCUT2D eigenvalue weighted by atomic mass is 32.1. The number of ether oxygens (including phenoxy) is 2. The van der Waals surface area contributed by atoms with Crippen molar-refractivity contribution >= 4 is 32.6 Å². The van der Waals surface area contributed by atoms with Gasteiger partial charge in [0.05, 0.1) is 24.4 Å². The van der Waals surface area contributed by atoms with Crippen LogP contribution in [0.25, 0.3) is 10.2 Å². The number of thiazole rings is 1. The second kappa shape index (κ2) is 8.62. The molecule has 0 spiro atoms. The van der Waals surface area contributed by atoms with Crippen LogP contribution in [0.3, 0.4) is 0 Å². The van der Waals surface area contributed by atoms with Crippen LogP contribution in [-0.4, -0.2) is 49.6 Å². The Morgan fingerprint density at radius 2 is 1.75 bits per heavy atom. The van der Waals surface area contributed by atoms with E-state index in [1.165, 1.54) is 15.8 Å². The Kier molecular flexibility index (Phi) is 5.67. The van der Waals surface area contributed by atoms with Gasteiger partial charge in [-0.15, -0.1) is 0 Å². The number of hydrogen-bond donors (Lipinski definition) is 0. The van der Waals surface area contributed by atoms with Gasteiger partial charge in [-0.2, -0.15) is 0 Å². The van der Waals surface area contributed by atoms with Gasteiger partial charge < -0.3 is 19.3 Å². The van der Waals surface area contributed by atoms with Crippen molar-refractivity contribution in [3.05, 3.63) is 47.0 Å². The molecule has 2 aromatic carbocycles. The lowest BCUT2D eigenvalue weighted by atomic mass is 9.93. The molecule has 3 heterocycles. The molecular formula is C25H29N3O3S. The van der Waals surface area contributed by atoms with Gasteiger partial charge in [0.25, 0.3) is 0 Å². The molecule has 32 heavy (non-hydrogen) atoms. The summed E-state index contributed by atoms with van der Waals surface area (Å²) in [6, 6.07) is 10.5. The van der Waals surface area contributed by atoms with E-state index in [0.717, 1.165) is 66.6 Å². The van der Waals surface area contributed by atoms with Crippen LogP contribution in [-0.2, 0) is 17.8 Å². The maximum absolute atomic E-state index is 13.3. The number of methoxy groups -OCH3 is 2. The van der Waals surface area contributed by atoms with Crippen LogP contribution in [0.4, 0.5) is 5.13 Å². The molecule has 0 N–H and O–H groups in total. The number of anilines is 1. The van der Waals surface area contributed by atoms with Crippen LogP contribution in [0.5, 0.6) is 11.5 Å². The van der Waals surface area contributed by atoms with Gasteiger partial charge in [-0.1, -0.05) is 17.4 Å². The smallest absolute Gasteiger partial charge is 0.226 e. The van der Waals surface area contributed by atoms with E-state index in [9.17, 15) is 4.79 Å². The predicted octanol–water partition coefficient (Wildman–Crippen LogP) is 4.42. The highest BCUT2D eigenvalue weighted by Crippen LogP contribution is 2.35. The number of carbonyl (C=O) groups is 1. The van der Waals surface area contributed by atoms with Gasteiger partial charge >= 0.3 is 0 Å². The minimum absolute atomic E-state index is 0.0876. The second-order valence-electron chi connectivity index (χ2n) is 8.71. The van der Waals surface area contributed by atoms with Gasteiger partial charge in [-0.3, -0.25) is 4.79 Å². The van der Waals surface area contributed by atoms with Crippen LogP contribution < -0.4 is 14.4 Å². The summed E-state index contributed by atoms with van der Waals surface area (Å²) in [5.41, 5.74) is 4.72. The minimum Gasteiger partial charge on any atom is -0.493 e. The maximum Gasteiger partial charge on any atom is 0.226 e. The zero-order valence-corrected chi connectivity index (χ0v) is 19.7. The Balaban J connectivity index is 1.23. The summed E-state index contributed by atoms with van der Waals surface area (Å²) in [6.07, 6.45) is 2.61. The van der Waals surface area contributed by atoms with E-state index in [-0.39, 0.29) is 11.8 Å². The van der Waals surface area contributed by atoms with Gasteiger partial charge in [0.15, 0.2) is 16.6 Å². The topological polar surface area (TPSA) is 54.9 Å². The van der Waals surface area contributed by atoms with E-state index in [0.29, 0.717) is 6.54 Å². The van der Waals surface area contributed by atoms with Gasteiger partial charge in [0.1, 0.15) is 0 Å². The zero-order chi connectivity index (χ0) is 22.2. The standard InChI is InChI=1S/C25H29N3O3S/c1-16-4-5-20-23(12-16)32-25(26-20)27-9-6-17(7-10-27)24(29)28-11-8-18-13-21(30-2)22(31-3)14-19(18)15-28/h4-5,12-14,17H,6-11,15H2,1-3H3. The summed E-state index contributed by atoms with van der Waals surface area (Å²) in [4.78, 5) is 22.5. The molecule has 1 aromatic heterocycles. The van der Waals surface area contributed by atoms with Gasteiger partial charge in [0, 0.05) is 32.1 Å². The molecule has 6 nitrogen and oxygen atoms in total. The molecule has 0 radical (unpaired) electrons. The average molecular weight is 452 g/mol. The first kappa shape index (κ1) is 21.1. The number of benzene rings is 2. The first-order chi connectivity index (χ1) is 15.6. The second-order valence-corrected chi connectivity index (χ2v) is 9.72. The summed E-state index contributed by atoms with van der Waals surface area (Å²) in [5.74, 6) is 1.85. The molecule has 1 amide bonds. The van der Waals surface area contributed by atoms with Crippen molar-refractivity contribution in [2.75, 3.05) is 38.8 Å². The lowest BCUT2D eigenvalue weighted by molar-refractivity contribution is -0.137. The fourth-order valence-electron chi connectivity index (χ4n) is 4.80. The van der Waals surface area contributed by atoms with Crippen molar-refractivity contribution in [1.82, 2.24) is 9.88 Å². The maximum atomic E-state index is 13.3. The normalized spacial score (nSPS) is 16.8. The molecule has 0 saturated carbocycles. The molecule has 0 atom stereocenters. The number of aryl methyl sites for hydroxylation is 1. The number of aromatic nitrogens is 1. The van der Waals surface area contributed by atoms with Gasteiger partial charge in [-0.05, 0) is 67.1 Å². The third-order valence-corrected chi connectivity index (χ3v) is 7.76. The largest absolute Gasteiger partial charge is 0.493 e. The third-order valence-electron chi connectivity index (χ3n) is 6.68. The Labute approximate surface area is 192 Å². The molecule has 0 aliphatic carbocycles. The zero-order valence-electron chi connectivity index (χ0n) is 18.9. The van der Waals surface area contributed by atoms with Crippen LogP contribution in [0.2, 0.25) is 0 Å². The number of piperidine rings is 1. The van der Waals surface area contributed by atoms with Gasteiger partial charge in [-0.25, -0.2) is 4.98 Å². The summed E-state index contributed by atoms with van der Waals surface area (Å²) >= 11 is 1.75. The van der Waals surface area contributed by atoms with Crippen molar-refractivity contribution in [2.24, 2.45) is 5.92 Å². The summed E-state index contributed by atoms with van der Waals surface area (Å²) in [6.45, 7) is 5.28. The molecule has 0 unspecified atom stereocenters. The van der Waals surface area contributed by atoms with E-state index in [4.69, 9.17) is 14.5 Å². The number of nitrogens with zero attached hydrogens (tertiary/aromatic N) is 3. The first-order valence-electron chi connectivity index (χ1n) is 11.2.